The van der Waals surface area contributed by atoms with E-state index >= 15 is 0 Å². The number of nitrogens with zero attached hydrogens (tertiary/aromatic N) is 1. The maximum atomic E-state index is 8.00. The Balaban J connectivity index is 0.000000606. The van der Waals surface area contributed by atoms with Crippen molar-refractivity contribution in [1.82, 2.24) is 4.98 Å². The fourth-order valence-corrected chi connectivity index (χ4v) is 1.66. The maximum Gasteiger partial charge on any atom is 0.106 e. The third-order valence-corrected chi connectivity index (χ3v) is 2.52. The van der Waals surface area contributed by atoms with Crippen LogP contribution in [-0.2, 0) is 11.2 Å². The SMILES string of the molecule is C=O.CCc1ccnc(C2=CCCC=C2)c1. The molecule has 0 amide bonds. The Morgan fingerprint density at radius 3 is 2.81 bits per heavy atom. The summed E-state index contributed by atoms with van der Waals surface area (Å²) >= 11 is 0. The van der Waals surface area contributed by atoms with E-state index in [0.717, 1.165) is 25.0 Å². The maximum absolute atomic E-state index is 8.00. The van der Waals surface area contributed by atoms with Crippen LogP contribution in [0.5, 0.6) is 0 Å². The molecule has 0 N–H and O–H groups in total. The largest absolute Gasteiger partial charge is 0.307 e. The molecular weight excluding hydrogens is 198 g/mol. The van der Waals surface area contributed by atoms with E-state index in [9.17, 15) is 0 Å². The second-order valence-corrected chi connectivity index (χ2v) is 3.54. The molecule has 0 saturated carbocycles. The molecule has 0 spiro atoms. The fraction of sp³-hybridized carbons (Fsp3) is 0.286. The molecule has 1 aliphatic carbocycles. The Morgan fingerprint density at radius 2 is 2.19 bits per heavy atom. The van der Waals surface area contributed by atoms with Crippen molar-refractivity contribution in [2.45, 2.75) is 26.2 Å². The summed E-state index contributed by atoms with van der Waals surface area (Å²) in [6.07, 6.45) is 11.9. The van der Waals surface area contributed by atoms with Gasteiger partial charge in [-0.2, -0.15) is 0 Å². The highest BCUT2D eigenvalue weighted by Crippen LogP contribution is 2.20. The van der Waals surface area contributed by atoms with E-state index in [2.05, 4.69) is 42.3 Å². The highest BCUT2D eigenvalue weighted by Gasteiger charge is 2.02. The first-order chi connectivity index (χ1) is 7.90. The van der Waals surface area contributed by atoms with Gasteiger partial charge in [0.05, 0.1) is 5.69 Å². The summed E-state index contributed by atoms with van der Waals surface area (Å²) in [5.74, 6) is 0. The summed E-state index contributed by atoms with van der Waals surface area (Å²) in [7, 11) is 0. The van der Waals surface area contributed by atoms with Crippen LogP contribution in [0.2, 0.25) is 0 Å². The van der Waals surface area contributed by atoms with Crippen LogP contribution >= 0.6 is 0 Å². The van der Waals surface area contributed by atoms with Crippen LogP contribution in [0.3, 0.4) is 0 Å². The van der Waals surface area contributed by atoms with Crippen molar-refractivity contribution in [3.63, 3.8) is 0 Å². The zero-order valence-corrected chi connectivity index (χ0v) is 9.65. The van der Waals surface area contributed by atoms with Crippen molar-refractivity contribution >= 4 is 12.4 Å². The number of aromatic nitrogens is 1. The molecule has 2 rings (SSSR count). The minimum Gasteiger partial charge on any atom is -0.307 e. The first kappa shape index (κ1) is 12.4. The molecule has 0 aliphatic heterocycles. The lowest BCUT2D eigenvalue weighted by molar-refractivity contribution is -0.0979. The van der Waals surface area contributed by atoms with Gasteiger partial charge in [0.1, 0.15) is 6.79 Å². The van der Waals surface area contributed by atoms with Gasteiger partial charge in [-0.1, -0.05) is 25.2 Å². The minimum absolute atomic E-state index is 1.08. The number of hydrogen-bond acceptors (Lipinski definition) is 2. The number of carbonyl (C=O) groups is 1. The molecule has 0 unspecified atom stereocenters. The topological polar surface area (TPSA) is 30.0 Å². The van der Waals surface area contributed by atoms with Crippen molar-refractivity contribution in [3.05, 3.63) is 47.8 Å². The number of hydrogen-bond donors (Lipinski definition) is 0. The molecule has 0 radical (unpaired) electrons. The highest BCUT2D eigenvalue weighted by molar-refractivity contribution is 5.72. The predicted molar refractivity (Wildman–Crippen MR) is 67.1 cm³/mol. The number of allylic oxidation sites excluding steroid dienone is 4. The second kappa shape index (κ2) is 6.72. The molecule has 1 aromatic heterocycles. The Hall–Kier alpha value is -1.70. The van der Waals surface area contributed by atoms with E-state index in [-0.39, 0.29) is 0 Å². The predicted octanol–water partition coefficient (Wildman–Crippen LogP) is 3.19. The molecule has 1 heterocycles. The molecule has 0 fully saturated rings. The van der Waals surface area contributed by atoms with Crippen LogP contribution in [0.25, 0.3) is 5.57 Å². The van der Waals surface area contributed by atoms with E-state index < -0.39 is 0 Å². The van der Waals surface area contributed by atoms with E-state index in [1.54, 1.807) is 0 Å². The smallest absolute Gasteiger partial charge is 0.106 e. The van der Waals surface area contributed by atoms with Crippen LogP contribution in [0.4, 0.5) is 0 Å². The lowest BCUT2D eigenvalue weighted by Crippen LogP contribution is -1.91. The zero-order valence-electron chi connectivity index (χ0n) is 9.65. The van der Waals surface area contributed by atoms with Gasteiger partial charge in [-0.05, 0) is 42.5 Å². The number of pyridine rings is 1. The van der Waals surface area contributed by atoms with E-state index in [0.29, 0.717) is 0 Å². The van der Waals surface area contributed by atoms with Crippen LogP contribution in [-0.4, -0.2) is 11.8 Å². The van der Waals surface area contributed by atoms with Gasteiger partial charge in [0.15, 0.2) is 0 Å². The monoisotopic (exact) mass is 215 g/mol. The second-order valence-electron chi connectivity index (χ2n) is 3.54. The number of aryl methyl sites for hydroxylation is 1. The van der Waals surface area contributed by atoms with Crippen molar-refractivity contribution in [2.75, 3.05) is 0 Å². The van der Waals surface area contributed by atoms with E-state index in [4.69, 9.17) is 4.79 Å². The Labute approximate surface area is 96.7 Å². The number of carbonyl (C=O) groups excluding carboxylic acids is 1. The lowest BCUT2D eigenvalue weighted by Gasteiger charge is -2.07. The molecule has 1 aliphatic rings. The van der Waals surface area contributed by atoms with Crippen LogP contribution < -0.4 is 0 Å². The Morgan fingerprint density at radius 1 is 1.38 bits per heavy atom. The van der Waals surface area contributed by atoms with Gasteiger partial charge in [0, 0.05) is 6.20 Å². The van der Waals surface area contributed by atoms with E-state index in [1.165, 1.54) is 11.1 Å². The molecule has 0 atom stereocenters. The average molecular weight is 215 g/mol. The van der Waals surface area contributed by atoms with Gasteiger partial charge in [0.25, 0.3) is 0 Å². The van der Waals surface area contributed by atoms with Gasteiger partial charge in [-0.25, -0.2) is 0 Å². The summed E-state index contributed by atoms with van der Waals surface area (Å²) in [5, 5.41) is 0. The number of rotatable bonds is 2. The molecule has 0 bridgehead atoms. The molecule has 84 valence electrons. The molecule has 2 heteroatoms. The first-order valence-electron chi connectivity index (χ1n) is 5.51. The van der Waals surface area contributed by atoms with Gasteiger partial charge in [0.2, 0.25) is 0 Å². The van der Waals surface area contributed by atoms with Gasteiger partial charge in [-0.3, -0.25) is 4.98 Å². The van der Waals surface area contributed by atoms with Gasteiger partial charge in [-0.15, -0.1) is 0 Å². The summed E-state index contributed by atoms with van der Waals surface area (Å²) in [6.45, 7) is 4.17. The summed E-state index contributed by atoms with van der Waals surface area (Å²) in [5.41, 5.74) is 3.74. The summed E-state index contributed by atoms with van der Waals surface area (Å²) < 4.78 is 0. The van der Waals surface area contributed by atoms with Crippen molar-refractivity contribution < 1.29 is 4.79 Å². The third-order valence-electron chi connectivity index (χ3n) is 2.52. The average Bonchev–Trinajstić information content (AvgIpc) is 2.42. The van der Waals surface area contributed by atoms with E-state index in [1.807, 2.05) is 13.0 Å². The van der Waals surface area contributed by atoms with Crippen molar-refractivity contribution in [2.24, 2.45) is 0 Å². The molecule has 0 aromatic carbocycles. The Bertz CT molecular complexity index is 393. The standard InChI is InChI=1S/C13H15N.CH2O/c1-2-11-8-9-14-13(10-11)12-6-4-3-5-7-12;1-2/h4,6-10H,2-3,5H2,1H3;1H2. The van der Waals surface area contributed by atoms with Crippen molar-refractivity contribution in [1.29, 1.82) is 0 Å². The quantitative estimate of drug-likeness (QED) is 0.758. The molecule has 1 aromatic rings. The van der Waals surface area contributed by atoms with Gasteiger partial charge < -0.3 is 4.79 Å². The fourth-order valence-electron chi connectivity index (χ4n) is 1.66. The molecule has 16 heavy (non-hydrogen) atoms. The lowest BCUT2D eigenvalue weighted by atomic mass is 10.0. The normalized spacial score (nSPS) is 13.7. The van der Waals surface area contributed by atoms with Crippen molar-refractivity contribution in [3.8, 4) is 0 Å². The Kier molecular flexibility index (Phi) is 5.20. The zero-order chi connectivity index (χ0) is 11.8. The van der Waals surface area contributed by atoms with Crippen LogP contribution in [0, 0.1) is 0 Å². The molecular formula is C14H17NO. The third kappa shape index (κ3) is 3.16. The molecule has 2 nitrogen and oxygen atoms in total. The summed E-state index contributed by atoms with van der Waals surface area (Å²) in [6, 6.07) is 4.26. The summed E-state index contributed by atoms with van der Waals surface area (Å²) in [4.78, 5) is 12.4. The molecule has 0 saturated heterocycles. The van der Waals surface area contributed by atoms with Crippen LogP contribution in [0.15, 0.2) is 36.6 Å². The minimum atomic E-state index is 1.08. The van der Waals surface area contributed by atoms with Gasteiger partial charge >= 0.3 is 0 Å². The van der Waals surface area contributed by atoms with Crippen LogP contribution in [0.1, 0.15) is 31.0 Å². The highest BCUT2D eigenvalue weighted by atomic mass is 16.1. The first-order valence-corrected chi connectivity index (χ1v) is 5.51.